The molecule has 0 saturated carbocycles. The summed E-state index contributed by atoms with van der Waals surface area (Å²) in [6.07, 6.45) is 2.77. The zero-order chi connectivity index (χ0) is 18.5. The molecule has 1 aromatic carbocycles. The number of aromatic nitrogens is 3. The summed E-state index contributed by atoms with van der Waals surface area (Å²) in [7, 11) is 1.48. The predicted molar refractivity (Wildman–Crippen MR) is 97.5 cm³/mol. The van der Waals surface area contributed by atoms with Crippen LogP contribution in [0.1, 0.15) is 0 Å². The molecule has 0 atom stereocenters. The Morgan fingerprint density at radius 3 is 2.54 bits per heavy atom. The lowest BCUT2D eigenvalue weighted by Crippen LogP contribution is -2.06. The molecule has 0 spiro atoms. The van der Waals surface area contributed by atoms with E-state index < -0.39 is 4.92 Å². The molecule has 0 fully saturated rings. The topological polar surface area (TPSA) is 115 Å². The van der Waals surface area contributed by atoms with Crippen molar-refractivity contribution in [3.63, 3.8) is 0 Å². The lowest BCUT2D eigenvalue weighted by atomic mass is 10.3. The summed E-state index contributed by atoms with van der Waals surface area (Å²) in [4.78, 5) is 23.0. The van der Waals surface area contributed by atoms with E-state index in [0.717, 1.165) is 0 Å². The highest BCUT2D eigenvalue weighted by molar-refractivity contribution is 6.31. The maximum atomic E-state index is 11.6. The van der Waals surface area contributed by atoms with Crippen molar-refractivity contribution in [1.82, 2.24) is 15.0 Å². The van der Waals surface area contributed by atoms with Crippen molar-refractivity contribution in [2.45, 2.75) is 0 Å². The van der Waals surface area contributed by atoms with E-state index in [-0.39, 0.29) is 17.3 Å². The van der Waals surface area contributed by atoms with Gasteiger partial charge in [-0.05, 0) is 30.3 Å². The minimum atomic E-state index is -0.579. The van der Waals surface area contributed by atoms with Crippen molar-refractivity contribution in [3.05, 3.63) is 64.1 Å². The average Bonchev–Trinajstić information content (AvgIpc) is 2.63. The first-order chi connectivity index (χ1) is 12.6. The number of pyridine rings is 1. The minimum Gasteiger partial charge on any atom is -0.495 e. The summed E-state index contributed by atoms with van der Waals surface area (Å²) in [5, 5.41) is 17.8. The molecule has 3 aromatic rings. The van der Waals surface area contributed by atoms with Crippen LogP contribution in [0.2, 0.25) is 5.02 Å². The van der Waals surface area contributed by atoms with Gasteiger partial charge in [0.15, 0.2) is 0 Å². The lowest BCUT2D eigenvalue weighted by molar-refractivity contribution is -0.383. The van der Waals surface area contributed by atoms with Gasteiger partial charge in [-0.3, -0.25) is 10.1 Å². The standard InChI is InChI=1S/C16H13ClN6O3/c1-26-12-6-5-10(17)8-11(12)21-15-14(23(24)25)16(20-9-19-15)22-13-4-2-3-7-18-13/h2-9H,1H3,(H2,18,19,20,21,22). The maximum Gasteiger partial charge on any atom is 0.353 e. The second-order valence-corrected chi connectivity index (χ2v) is 5.42. The van der Waals surface area contributed by atoms with E-state index in [1.54, 1.807) is 42.6 Å². The quantitative estimate of drug-likeness (QED) is 0.494. The first-order valence-corrected chi connectivity index (χ1v) is 7.74. The summed E-state index contributed by atoms with van der Waals surface area (Å²) in [5.41, 5.74) is 0.103. The zero-order valence-electron chi connectivity index (χ0n) is 13.5. The van der Waals surface area contributed by atoms with Crippen LogP contribution in [-0.2, 0) is 0 Å². The van der Waals surface area contributed by atoms with Crippen LogP contribution in [0, 0.1) is 10.1 Å². The third-order valence-corrected chi connectivity index (χ3v) is 3.57. The van der Waals surface area contributed by atoms with Gasteiger partial charge in [0.05, 0.1) is 17.7 Å². The molecular weight excluding hydrogens is 360 g/mol. The number of hydrogen-bond acceptors (Lipinski definition) is 8. The first kappa shape index (κ1) is 17.4. The van der Waals surface area contributed by atoms with E-state index in [1.165, 1.54) is 13.4 Å². The van der Waals surface area contributed by atoms with E-state index in [4.69, 9.17) is 16.3 Å². The normalized spacial score (nSPS) is 10.2. The molecular formula is C16H13ClN6O3. The summed E-state index contributed by atoms with van der Waals surface area (Å²) in [6, 6.07) is 10.0. The summed E-state index contributed by atoms with van der Waals surface area (Å²) in [6.45, 7) is 0. The van der Waals surface area contributed by atoms with E-state index >= 15 is 0 Å². The van der Waals surface area contributed by atoms with Gasteiger partial charge in [-0.1, -0.05) is 17.7 Å². The number of rotatable bonds is 6. The van der Waals surface area contributed by atoms with Crippen molar-refractivity contribution in [2.75, 3.05) is 17.7 Å². The molecule has 0 radical (unpaired) electrons. The third kappa shape index (κ3) is 3.78. The number of anilines is 4. The molecule has 26 heavy (non-hydrogen) atoms. The van der Waals surface area contributed by atoms with Crippen LogP contribution >= 0.6 is 11.6 Å². The highest BCUT2D eigenvalue weighted by atomic mass is 35.5. The fourth-order valence-electron chi connectivity index (χ4n) is 2.20. The van der Waals surface area contributed by atoms with Crippen LogP contribution in [-0.4, -0.2) is 27.0 Å². The maximum absolute atomic E-state index is 11.6. The molecule has 0 unspecified atom stereocenters. The minimum absolute atomic E-state index is 0.00666. The second-order valence-electron chi connectivity index (χ2n) is 4.99. The number of benzene rings is 1. The van der Waals surface area contributed by atoms with Crippen molar-refractivity contribution in [3.8, 4) is 5.75 Å². The lowest BCUT2D eigenvalue weighted by Gasteiger charge is -2.12. The number of nitro groups is 1. The Morgan fingerprint density at radius 1 is 1.12 bits per heavy atom. The van der Waals surface area contributed by atoms with Gasteiger partial charge in [0, 0.05) is 11.2 Å². The molecule has 10 heteroatoms. The highest BCUT2D eigenvalue weighted by Gasteiger charge is 2.24. The molecule has 0 aliphatic carbocycles. The van der Waals surface area contributed by atoms with Crippen molar-refractivity contribution >= 4 is 40.4 Å². The Bertz CT molecular complexity index is 939. The van der Waals surface area contributed by atoms with Crippen molar-refractivity contribution in [1.29, 1.82) is 0 Å². The molecule has 0 aliphatic heterocycles. The fraction of sp³-hybridized carbons (Fsp3) is 0.0625. The Balaban J connectivity index is 2.01. The van der Waals surface area contributed by atoms with Crippen LogP contribution in [0.3, 0.4) is 0 Å². The van der Waals surface area contributed by atoms with Crippen LogP contribution in [0.4, 0.5) is 28.8 Å². The molecule has 9 nitrogen and oxygen atoms in total. The SMILES string of the molecule is COc1ccc(Cl)cc1Nc1ncnc(Nc2ccccn2)c1[N+](=O)[O-]. The number of hydrogen-bond donors (Lipinski definition) is 2. The van der Waals surface area contributed by atoms with Crippen LogP contribution in [0.5, 0.6) is 5.75 Å². The molecule has 132 valence electrons. The first-order valence-electron chi connectivity index (χ1n) is 7.36. The molecule has 0 aliphatic rings. The van der Waals surface area contributed by atoms with Gasteiger partial charge < -0.3 is 15.4 Å². The summed E-state index contributed by atoms with van der Waals surface area (Å²) >= 11 is 6.00. The van der Waals surface area contributed by atoms with E-state index in [0.29, 0.717) is 22.3 Å². The zero-order valence-corrected chi connectivity index (χ0v) is 14.3. The van der Waals surface area contributed by atoms with Crippen molar-refractivity contribution in [2.24, 2.45) is 0 Å². The Kier molecular flexibility index (Phi) is 5.09. The Labute approximate surface area is 153 Å². The number of methoxy groups -OCH3 is 1. The molecule has 0 amide bonds. The number of nitrogens with zero attached hydrogens (tertiary/aromatic N) is 4. The van der Waals surface area contributed by atoms with Crippen LogP contribution in [0.25, 0.3) is 0 Å². The number of nitrogens with one attached hydrogen (secondary N) is 2. The average molecular weight is 373 g/mol. The van der Waals surface area contributed by atoms with Crippen LogP contribution < -0.4 is 15.4 Å². The molecule has 2 heterocycles. The monoisotopic (exact) mass is 372 g/mol. The molecule has 2 aromatic heterocycles. The second kappa shape index (κ2) is 7.62. The molecule has 3 rings (SSSR count). The summed E-state index contributed by atoms with van der Waals surface area (Å²) in [5.74, 6) is 0.873. The van der Waals surface area contributed by atoms with E-state index in [9.17, 15) is 10.1 Å². The van der Waals surface area contributed by atoms with Gasteiger partial charge in [-0.2, -0.15) is 0 Å². The molecule has 2 N–H and O–H groups in total. The van der Waals surface area contributed by atoms with Crippen LogP contribution in [0.15, 0.2) is 48.9 Å². The van der Waals surface area contributed by atoms with Gasteiger partial charge in [0.25, 0.3) is 0 Å². The van der Waals surface area contributed by atoms with Gasteiger partial charge >= 0.3 is 5.69 Å². The Morgan fingerprint density at radius 2 is 1.88 bits per heavy atom. The number of halogens is 1. The largest absolute Gasteiger partial charge is 0.495 e. The van der Waals surface area contributed by atoms with Gasteiger partial charge in [0.1, 0.15) is 17.9 Å². The fourth-order valence-corrected chi connectivity index (χ4v) is 2.37. The van der Waals surface area contributed by atoms with Gasteiger partial charge in [-0.15, -0.1) is 0 Å². The van der Waals surface area contributed by atoms with Gasteiger partial charge in [-0.25, -0.2) is 15.0 Å². The van der Waals surface area contributed by atoms with E-state index in [1.807, 2.05) is 0 Å². The van der Waals surface area contributed by atoms with Gasteiger partial charge in [0.2, 0.25) is 11.6 Å². The predicted octanol–water partition coefficient (Wildman–Crippen LogP) is 3.93. The third-order valence-electron chi connectivity index (χ3n) is 3.33. The molecule has 0 saturated heterocycles. The van der Waals surface area contributed by atoms with Crippen molar-refractivity contribution < 1.29 is 9.66 Å². The molecule has 0 bridgehead atoms. The summed E-state index contributed by atoms with van der Waals surface area (Å²) < 4.78 is 5.24. The number of ether oxygens (including phenoxy) is 1. The smallest absolute Gasteiger partial charge is 0.353 e. The van der Waals surface area contributed by atoms with E-state index in [2.05, 4.69) is 25.6 Å². The Hall–Kier alpha value is -3.46. The highest BCUT2D eigenvalue weighted by Crippen LogP contribution is 2.36.